The molecule has 0 aromatic heterocycles. The van der Waals surface area contributed by atoms with Gasteiger partial charge < -0.3 is 35.6 Å². The van der Waals surface area contributed by atoms with Crippen LogP contribution in [0.15, 0.2) is 24.3 Å². The standard InChI is InChI=1S/C25H25NO9/c1-10(27)25(26)7-13-18(16(8-25)35-17-6-14(28)15(29)9-34-17)24(33)20-19(23(13)32)21(30)11-4-2-3-5-12(11)22(20)31/h2-5,14-17,28-29,32-33H,6-9,26H2,1H3/t14-,15+,16+,17-,25+/m0/s1. The fourth-order valence-corrected chi connectivity index (χ4v) is 5.13. The third-order valence-electron chi connectivity index (χ3n) is 7.17. The van der Waals surface area contributed by atoms with Gasteiger partial charge in [-0.3, -0.25) is 14.4 Å². The van der Waals surface area contributed by atoms with E-state index in [1.165, 1.54) is 19.1 Å². The quantitative estimate of drug-likeness (QED) is 0.332. The molecule has 1 aliphatic heterocycles. The second-order valence-corrected chi connectivity index (χ2v) is 9.39. The summed E-state index contributed by atoms with van der Waals surface area (Å²) in [6.45, 7) is 1.09. The Hall–Kier alpha value is -3.15. The van der Waals surface area contributed by atoms with Crippen LogP contribution in [0.4, 0.5) is 0 Å². The zero-order valence-electron chi connectivity index (χ0n) is 18.9. The van der Waals surface area contributed by atoms with Gasteiger partial charge in [-0.1, -0.05) is 24.3 Å². The van der Waals surface area contributed by atoms with Crippen molar-refractivity contribution in [3.05, 3.63) is 57.6 Å². The molecule has 1 heterocycles. The van der Waals surface area contributed by atoms with Crippen LogP contribution in [0.25, 0.3) is 0 Å². The number of aromatic hydroxyl groups is 2. The summed E-state index contributed by atoms with van der Waals surface area (Å²) in [5, 5.41) is 42.3. The van der Waals surface area contributed by atoms with E-state index in [1.807, 2.05) is 0 Å². The predicted molar refractivity (Wildman–Crippen MR) is 119 cm³/mol. The molecule has 1 fully saturated rings. The molecule has 184 valence electrons. The lowest BCUT2D eigenvalue weighted by molar-refractivity contribution is -0.238. The Morgan fingerprint density at radius 2 is 1.66 bits per heavy atom. The van der Waals surface area contributed by atoms with E-state index >= 15 is 0 Å². The van der Waals surface area contributed by atoms with E-state index in [4.69, 9.17) is 15.2 Å². The number of hydrogen-bond donors (Lipinski definition) is 5. The minimum absolute atomic E-state index is 0.0344. The van der Waals surface area contributed by atoms with Crippen LogP contribution in [0, 0.1) is 0 Å². The number of aliphatic hydroxyl groups is 2. The van der Waals surface area contributed by atoms with Crippen molar-refractivity contribution in [2.75, 3.05) is 6.61 Å². The maximum absolute atomic E-state index is 13.3. The Balaban J connectivity index is 1.67. The molecule has 6 N–H and O–H groups in total. The van der Waals surface area contributed by atoms with Crippen LogP contribution >= 0.6 is 0 Å². The molecule has 2 aliphatic carbocycles. The smallest absolute Gasteiger partial charge is 0.198 e. The van der Waals surface area contributed by atoms with Crippen LogP contribution in [0.1, 0.15) is 68.8 Å². The number of benzene rings is 2. The molecule has 0 amide bonds. The van der Waals surface area contributed by atoms with E-state index in [-0.39, 0.29) is 59.3 Å². The summed E-state index contributed by atoms with van der Waals surface area (Å²) >= 11 is 0. The normalized spacial score (nSPS) is 29.8. The van der Waals surface area contributed by atoms with Gasteiger partial charge in [0, 0.05) is 41.5 Å². The van der Waals surface area contributed by atoms with Gasteiger partial charge in [-0.05, 0) is 6.92 Å². The number of hydrogen-bond acceptors (Lipinski definition) is 10. The Morgan fingerprint density at radius 3 is 2.23 bits per heavy atom. The molecular formula is C25H25NO9. The SMILES string of the molecule is CC(=O)[C@@]1(N)Cc2c(O)c3c(c(O)c2[C@H](O[C@H]2C[C@H](O)[C@H](O)CO2)C1)C(=O)c1ccccc1C3=O. The van der Waals surface area contributed by atoms with Crippen LogP contribution in [-0.2, 0) is 20.7 Å². The molecule has 0 spiro atoms. The average Bonchev–Trinajstić information content (AvgIpc) is 2.82. The molecule has 0 bridgehead atoms. The molecule has 5 rings (SSSR count). The lowest BCUT2D eigenvalue weighted by atomic mass is 9.71. The molecule has 2 aromatic carbocycles. The number of ketones is 3. The highest BCUT2D eigenvalue weighted by atomic mass is 16.7. The monoisotopic (exact) mass is 483 g/mol. The highest BCUT2D eigenvalue weighted by Gasteiger charge is 2.48. The van der Waals surface area contributed by atoms with Crippen molar-refractivity contribution in [3.8, 4) is 11.5 Å². The first-order valence-electron chi connectivity index (χ1n) is 11.3. The number of phenols is 2. The first kappa shape index (κ1) is 23.6. The maximum Gasteiger partial charge on any atom is 0.198 e. The van der Waals surface area contributed by atoms with Gasteiger partial charge in [0.25, 0.3) is 0 Å². The van der Waals surface area contributed by atoms with Crippen LogP contribution in [0.3, 0.4) is 0 Å². The molecular weight excluding hydrogens is 458 g/mol. The van der Waals surface area contributed by atoms with E-state index in [0.29, 0.717) is 0 Å². The lowest BCUT2D eigenvalue weighted by Gasteiger charge is -2.41. The molecule has 5 atom stereocenters. The van der Waals surface area contributed by atoms with Crippen molar-refractivity contribution in [1.29, 1.82) is 0 Å². The number of nitrogens with two attached hydrogens (primary N) is 1. The van der Waals surface area contributed by atoms with Crippen molar-refractivity contribution in [2.45, 2.75) is 56.3 Å². The lowest BCUT2D eigenvalue weighted by Crippen LogP contribution is -2.53. The number of Topliss-reactive ketones (excluding diaryl/α,β-unsaturated/α-hetero) is 1. The highest BCUT2D eigenvalue weighted by Crippen LogP contribution is 2.51. The van der Waals surface area contributed by atoms with Gasteiger partial charge in [0.05, 0.1) is 35.5 Å². The summed E-state index contributed by atoms with van der Waals surface area (Å²) < 4.78 is 11.4. The Labute approximate surface area is 199 Å². The zero-order valence-corrected chi connectivity index (χ0v) is 18.9. The number of aliphatic hydroxyl groups excluding tert-OH is 2. The Morgan fingerprint density at radius 1 is 1.06 bits per heavy atom. The van der Waals surface area contributed by atoms with Crippen LogP contribution in [0.5, 0.6) is 11.5 Å². The van der Waals surface area contributed by atoms with Gasteiger partial charge in [-0.2, -0.15) is 0 Å². The number of phenolic OH excluding ortho intramolecular Hbond substituents is 2. The summed E-state index contributed by atoms with van der Waals surface area (Å²) in [5.41, 5.74) is 4.47. The minimum atomic E-state index is -1.50. The number of rotatable bonds is 3. The van der Waals surface area contributed by atoms with E-state index in [1.54, 1.807) is 12.1 Å². The first-order chi connectivity index (χ1) is 16.5. The van der Waals surface area contributed by atoms with Crippen molar-refractivity contribution in [2.24, 2.45) is 5.73 Å². The summed E-state index contributed by atoms with van der Waals surface area (Å²) in [4.78, 5) is 39.0. The fourth-order valence-electron chi connectivity index (χ4n) is 5.13. The van der Waals surface area contributed by atoms with E-state index < -0.39 is 59.0 Å². The zero-order chi connectivity index (χ0) is 25.2. The molecule has 0 unspecified atom stereocenters. The summed E-state index contributed by atoms with van der Waals surface area (Å²) in [6, 6.07) is 6.10. The minimum Gasteiger partial charge on any atom is -0.507 e. The van der Waals surface area contributed by atoms with E-state index in [0.717, 1.165) is 0 Å². The van der Waals surface area contributed by atoms with Crippen LogP contribution < -0.4 is 5.73 Å². The average molecular weight is 483 g/mol. The molecule has 2 aromatic rings. The largest absolute Gasteiger partial charge is 0.507 e. The highest BCUT2D eigenvalue weighted by molar-refractivity contribution is 6.30. The van der Waals surface area contributed by atoms with Crippen LogP contribution in [0.2, 0.25) is 0 Å². The molecule has 0 saturated carbocycles. The number of carbonyl (C=O) groups is 3. The number of carbonyl (C=O) groups excluding carboxylic acids is 3. The molecule has 3 aliphatic rings. The summed E-state index contributed by atoms with van der Waals surface area (Å²) in [7, 11) is 0. The fraction of sp³-hybridized carbons (Fsp3) is 0.400. The van der Waals surface area contributed by atoms with Crippen molar-refractivity contribution < 1.29 is 44.3 Å². The van der Waals surface area contributed by atoms with Crippen LogP contribution in [-0.4, -0.2) is 68.4 Å². The third kappa shape index (κ3) is 3.57. The van der Waals surface area contributed by atoms with Crippen molar-refractivity contribution in [3.63, 3.8) is 0 Å². The Kier molecular flexibility index (Phi) is 5.53. The number of fused-ring (bicyclic) bond motifs is 3. The second kappa shape index (κ2) is 8.21. The molecule has 10 heteroatoms. The van der Waals surface area contributed by atoms with E-state index in [9.17, 15) is 34.8 Å². The van der Waals surface area contributed by atoms with Gasteiger partial charge in [0.1, 0.15) is 23.4 Å². The van der Waals surface area contributed by atoms with E-state index in [2.05, 4.69) is 0 Å². The third-order valence-corrected chi connectivity index (χ3v) is 7.17. The molecule has 1 saturated heterocycles. The second-order valence-electron chi connectivity index (χ2n) is 9.39. The maximum atomic E-state index is 13.3. The van der Waals surface area contributed by atoms with Gasteiger partial charge in [-0.15, -0.1) is 0 Å². The number of ether oxygens (including phenoxy) is 2. The topological polar surface area (TPSA) is 177 Å². The van der Waals surface area contributed by atoms with Gasteiger partial charge in [0.15, 0.2) is 17.9 Å². The molecule has 35 heavy (non-hydrogen) atoms. The first-order valence-corrected chi connectivity index (χ1v) is 11.3. The van der Waals surface area contributed by atoms with Crippen molar-refractivity contribution >= 4 is 17.3 Å². The summed E-state index contributed by atoms with van der Waals surface area (Å²) in [6.07, 6.45) is -4.74. The van der Waals surface area contributed by atoms with Gasteiger partial charge in [0.2, 0.25) is 0 Å². The van der Waals surface area contributed by atoms with Crippen molar-refractivity contribution in [1.82, 2.24) is 0 Å². The van der Waals surface area contributed by atoms with Gasteiger partial charge in [-0.25, -0.2) is 0 Å². The molecule has 0 radical (unpaired) electrons. The molecule has 10 nitrogen and oxygen atoms in total. The predicted octanol–water partition coefficient (Wildman–Crippen LogP) is 0.632. The Bertz CT molecular complexity index is 1270. The van der Waals surface area contributed by atoms with Gasteiger partial charge >= 0.3 is 0 Å². The summed E-state index contributed by atoms with van der Waals surface area (Å²) in [5.74, 6) is -2.74.